The van der Waals surface area contributed by atoms with Gasteiger partial charge in [0.15, 0.2) is 5.76 Å². The summed E-state index contributed by atoms with van der Waals surface area (Å²) in [6.45, 7) is 0. The molecule has 2 aromatic rings. The Morgan fingerprint density at radius 2 is 1.81 bits per heavy atom. The Labute approximate surface area is 120 Å². The van der Waals surface area contributed by atoms with E-state index in [1.807, 2.05) is 0 Å². The minimum Gasteiger partial charge on any atom is -0.497 e. The molecule has 110 valence electrons. The summed E-state index contributed by atoms with van der Waals surface area (Å²) in [4.78, 5) is 22.7. The Bertz CT molecular complexity index is 676. The Morgan fingerprint density at radius 3 is 2.38 bits per heavy atom. The predicted octanol–water partition coefficient (Wildman–Crippen LogP) is 2.25. The van der Waals surface area contributed by atoms with Crippen molar-refractivity contribution in [3.8, 4) is 11.5 Å². The third-order valence-electron chi connectivity index (χ3n) is 2.70. The van der Waals surface area contributed by atoms with Crippen molar-refractivity contribution in [1.29, 1.82) is 0 Å². The topological polar surface area (TPSA) is 98.0 Å². The first-order valence-electron chi connectivity index (χ1n) is 5.91. The van der Waals surface area contributed by atoms with Crippen LogP contribution >= 0.6 is 0 Å². The highest BCUT2D eigenvalue weighted by Crippen LogP contribution is 2.29. The van der Waals surface area contributed by atoms with Gasteiger partial charge in [0.05, 0.1) is 19.9 Å². The SMILES string of the molecule is COc1ccc(OC)c(NC(=O)c2ccc(C(=O)O)o2)c1. The standard InChI is InChI=1S/C14H13NO6/c1-19-8-3-4-10(20-2)9(7-8)15-13(16)11-5-6-12(21-11)14(17)18/h3-7H,1-2H3,(H,15,16)(H,17,18). The molecule has 0 fully saturated rings. The Hall–Kier alpha value is -2.96. The smallest absolute Gasteiger partial charge is 0.371 e. The molecule has 0 aliphatic carbocycles. The number of benzene rings is 1. The van der Waals surface area contributed by atoms with Crippen molar-refractivity contribution in [2.24, 2.45) is 0 Å². The molecular formula is C14H13NO6. The van der Waals surface area contributed by atoms with Gasteiger partial charge in [-0.3, -0.25) is 4.79 Å². The molecule has 0 spiro atoms. The Kier molecular flexibility index (Phi) is 4.13. The van der Waals surface area contributed by atoms with E-state index in [9.17, 15) is 9.59 Å². The summed E-state index contributed by atoms with van der Waals surface area (Å²) in [6.07, 6.45) is 0. The number of methoxy groups -OCH3 is 2. The van der Waals surface area contributed by atoms with Gasteiger partial charge >= 0.3 is 5.97 Å². The van der Waals surface area contributed by atoms with E-state index in [2.05, 4.69) is 5.32 Å². The number of carbonyl (C=O) groups is 2. The van der Waals surface area contributed by atoms with Crippen molar-refractivity contribution in [1.82, 2.24) is 0 Å². The van der Waals surface area contributed by atoms with Crippen molar-refractivity contribution in [3.63, 3.8) is 0 Å². The van der Waals surface area contributed by atoms with Crippen LogP contribution in [0.4, 0.5) is 5.69 Å². The fraction of sp³-hybridized carbons (Fsp3) is 0.143. The van der Waals surface area contributed by atoms with Gasteiger partial charge in [0, 0.05) is 6.07 Å². The zero-order valence-corrected chi connectivity index (χ0v) is 11.4. The van der Waals surface area contributed by atoms with Crippen LogP contribution in [0, 0.1) is 0 Å². The lowest BCUT2D eigenvalue weighted by Crippen LogP contribution is -2.12. The number of carboxylic acids is 1. The third kappa shape index (κ3) is 3.14. The number of ether oxygens (including phenoxy) is 2. The van der Waals surface area contributed by atoms with Crippen LogP contribution in [0.3, 0.4) is 0 Å². The van der Waals surface area contributed by atoms with E-state index < -0.39 is 11.9 Å². The van der Waals surface area contributed by atoms with Gasteiger partial charge < -0.3 is 24.3 Å². The largest absolute Gasteiger partial charge is 0.497 e. The number of rotatable bonds is 5. The average molecular weight is 291 g/mol. The minimum atomic E-state index is -1.24. The van der Waals surface area contributed by atoms with Gasteiger partial charge in [-0.25, -0.2) is 4.79 Å². The summed E-state index contributed by atoms with van der Waals surface area (Å²) in [7, 11) is 2.96. The number of hydrogen-bond acceptors (Lipinski definition) is 5. The maximum Gasteiger partial charge on any atom is 0.371 e. The number of carboxylic acid groups (broad SMARTS) is 1. The molecule has 1 amide bonds. The number of furan rings is 1. The van der Waals surface area contributed by atoms with E-state index in [4.69, 9.17) is 19.0 Å². The molecule has 1 heterocycles. The van der Waals surface area contributed by atoms with E-state index in [1.165, 1.54) is 26.4 Å². The van der Waals surface area contributed by atoms with Gasteiger partial charge in [0.2, 0.25) is 5.76 Å². The summed E-state index contributed by atoms with van der Waals surface area (Å²) in [5, 5.41) is 11.3. The summed E-state index contributed by atoms with van der Waals surface area (Å²) in [6, 6.07) is 7.40. The Morgan fingerprint density at radius 1 is 1.10 bits per heavy atom. The van der Waals surface area contributed by atoms with Crippen LogP contribution in [0.25, 0.3) is 0 Å². The molecule has 7 nitrogen and oxygen atoms in total. The van der Waals surface area contributed by atoms with E-state index in [0.717, 1.165) is 0 Å². The molecule has 0 saturated carbocycles. The first kappa shape index (κ1) is 14.4. The molecule has 0 aliphatic heterocycles. The highest BCUT2D eigenvalue weighted by atomic mass is 16.5. The van der Waals surface area contributed by atoms with Crippen LogP contribution in [-0.4, -0.2) is 31.2 Å². The molecule has 0 aliphatic rings. The number of amides is 1. The summed E-state index contributed by atoms with van der Waals surface area (Å²) in [5.41, 5.74) is 0.384. The lowest BCUT2D eigenvalue weighted by molar-refractivity contribution is 0.0660. The number of anilines is 1. The number of carbonyl (C=O) groups excluding carboxylic acids is 1. The predicted molar refractivity (Wildman–Crippen MR) is 73.2 cm³/mol. The molecule has 1 aromatic heterocycles. The number of nitrogens with one attached hydrogen (secondary N) is 1. The lowest BCUT2D eigenvalue weighted by atomic mass is 10.2. The molecular weight excluding hydrogens is 278 g/mol. The second kappa shape index (κ2) is 6.00. The second-order valence-corrected chi connectivity index (χ2v) is 3.99. The van der Waals surface area contributed by atoms with Crippen LogP contribution in [0.15, 0.2) is 34.7 Å². The molecule has 2 rings (SSSR count). The maximum atomic E-state index is 12.0. The molecule has 0 unspecified atom stereocenters. The van der Waals surface area contributed by atoms with Gasteiger partial charge in [-0.1, -0.05) is 0 Å². The van der Waals surface area contributed by atoms with Crippen molar-refractivity contribution in [2.75, 3.05) is 19.5 Å². The van der Waals surface area contributed by atoms with Crippen LogP contribution in [-0.2, 0) is 0 Å². The summed E-state index contributed by atoms with van der Waals surface area (Å²) >= 11 is 0. The van der Waals surface area contributed by atoms with Gasteiger partial charge in [0.25, 0.3) is 5.91 Å². The molecule has 0 radical (unpaired) electrons. The van der Waals surface area contributed by atoms with Gasteiger partial charge in [0.1, 0.15) is 11.5 Å². The molecule has 0 atom stereocenters. The van der Waals surface area contributed by atoms with Crippen molar-refractivity contribution in [3.05, 3.63) is 41.9 Å². The summed E-state index contributed by atoms with van der Waals surface area (Å²) < 4.78 is 15.1. The molecule has 7 heteroatoms. The lowest BCUT2D eigenvalue weighted by Gasteiger charge is -2.10. The highest BCUT2D eigenvalue weighted by molar-refractivity contribution is 6.03. The number of hydrogen-bond donors (Lipinski definition) is 2. The van der Waals surface area contributed by atoms with E-state index >= 15 is 0 Å². The van der Waals surface area contributed by atoms with Gasteiger partial charge in [-0.2, -0.15) is 0 Å². The zero-order chi connectivity index (χ0) is 15.4. The van der Waals surface area contributed by atoms with Crippen LogP contribution < -0.4 is 14.8 Å². The minimum absolute atomic E-state index is 0.114. The van der Waals surface area contributed by atoms with Gasteiger partial charge in [-0.15, -0.1) is 0 Å². The number of aromatic carboxylic acids is 1. The maximum absolute atomic E-state index is 12.0. The van der Waals surface area contributed by atoms with Crippen molar-refractivity contribution >= 4 is 17.6 Å². The summed E-state index contributed by atoms with van der Waals surface area (Å²) in [5.74, 6) is -1.27. The van der Waals surface area contributed by atoms with E-state index in [0.29, 0.717) is 17.2 Å². The second-order valence-electron chi connectivity index (χ2n) is 3.99. The van der Waals surface area contributed by atoms with Crippen LogP contribution in [0.1, 0.15) is 21.1 Å². The van der Waals surface area contributed by atoms with Crippen molar-refractivity contribution in [2.45, 2.75) is 0 Å². The third-order valence-corrected chi connectivity index (χ3v) is 2.70. The fourth-order valence-corrected chi connectivity index (χ4v) is 1.67. The molecule has 21 heavy (non-hydrogen) atoms. The Balaban J connectivity index is 2.23. The highest BCUT2D eigenvalue weighted by Gasteiger charge is 2.16. The van der Waals surface area contributed by atoms with Gasteiger partial charge in [-0.05, 0) is 24.3 Å². The van der Waals surface area contributed by atoms with Crippen LogP contribution in [0.2, 0.25) is 0 Å². The van der Waals surface area contributed by atoms with Crippen molar-refractivity contribution < 1.29 is 28.6 Å². The normalized spacial score (nSPS) is 10.0. The molecule has 0 saturated heterocycles. The molecule has 1 aromatic carbocycles. The average Bonchev–Trinajstić information content (AvgIpc) is 2.97. The first-order chi connectivity index (χ1) is 10.0. The zero-order valence-electron chi connectivity index (χ0n) is 11.4. The molecule has 2 N–H and O–H groups in total. The van der Waals surface area contributed by atoms with Crippen LogP contribution in [0.5, 0.6) is 11.5 Å². The first-order valence-corrected chi connectivity index (χ1v) is 5.91. The molecule has 0 bridgehead atoms. The van der Waals surface area contributed by atoms with E-state index in [1.54, 1.807) is 18.2 Å². The van der Waals surface area contributed by atoms with E-state index in [-0.39, 0.29) is 11.5 Å². The quantitative estimate of drug-likeness (QED) is 0.876. The monoisotopic (exact) mass is 291 g/mol. The fourth-order valence-electron chi connectivity index (χ4n) is 1.67.